The first-order chi connectivity index (χ1) is 16.8. The number of oxazole rings is 1. The SMILES string of the molecule is COc1cnc(Cl)cc1-c1cc(C)ncc1C(=O)Nc1nc2c(s1)CN(C(=O)c1nc(C)co1)C2. The van der Waals surface area contributed by atoms with E-state index in [9.17, 15) is 9.59 Å². The van der Waals surface area contributed by atoms with Gasteiger partial charge in [-0.2, -0.15) is 0 Å². The largest absolute Gasteiger partial charge is 0.494 e. The van der Waals surface area contributed by atoms with Crippen LogP contribution in [0.1, 0.15) is 43.0 Å². The predicted molar refractivity (Wildman–Crippen MR) is 129 cm³/mol. The Morgan fingerprint density at radius 2 is 1.94 bits per heavy atom. The highest BCUT2D eigenvalue weighted by molar-refractivity contribution is 7.16. The number of carbonyl (C=O) groups is 2. The van der Waals surface area contributed by atoms with E-state index in [1.54, 1.807) is 24.0 Å². The number of ether oxygens (including phenoxy) is 1. The lowest BCUT2D eigenvalue weighted by Gasteiger charge is -2.14. The van der Waals surface area contributed by atoms with Gasteiger partial charge in [0.2, 0.25) is 0 Å². The number of pyridine rings is 2. The minimum absolute atomic E-state index is 0.0530. The average Bonchev–Trinajstić information content (AvgIpc) is 3.53. The molecule has 10 nitrogen and oxygen atoms in total. The van der Waals surface area contributed by atoms with Gasteiger partial charge in [0.1, 0.15) is 17.2 Å². The summed E-state index contributed by atoms with van der Waals surface area (Å²) < 4.78 is 10.6. The van der Waals surface area contributed by atoms with Crippen LogP contribution in [0.25, 0.3) is 11.1 Å². The molecule has 5 rings (SSSR count). The van der Waals surface area contributed by atoms with Crippen molar-refractivity contribution in [2.45, 2.75) is 26.9 Å². The maximum absolute atomic E-state index is 13.2. The Kier molecular flexibility index (Phi) is 5.95. The van der Waals surface area contributed by atoms with E-state index in [4.69, 9.17) is 20.8 Å². The van der Waals surface area contributed by atoms with E-state index in [1.165, 1.54) is 37.1 Å². The molecule has 0 aromatic carbocycles. The molecule has 0 atom stereocenters. The van der Waals surface area contributed by atoms with Gasteiger partial charge in [-0.1, -0.05) is 22.9 Å². The summed E-state index contributed by atoms with van der Waals surface area (Å²) in [7, 11) is 1.52. The molecular formula is C23H19ClN6O4S. The highest BCUT2D eigenvalue weighted by Gasteiger charge is 2.30. The summed E-state index contributed by atoms with van der Waals surface area (Å²) in [6.07, 6.45) is 4.45. The zero-order chi connectivity index (χ0) is 24.7. The van der Waals surface area contributed by atoms with Gasteiger partial charge in [-0.25, -0.2) is 15.0 Å². The Balaban J connectivity index is 1.36. The molecule has 0 radical (unpaired) electrons. The van der Waals surface area contributed by atoms with Crippen LogP contribution in [0.3, 0.4) is 0 Å². The molecule has 0 aliphatic carbocycles. The van der Waals surface area contributed by atoms with E-state index in [0.717, 1.165) is 16.3 Å². The summed E-state index contributed by atoms with van der Waals surface area (Å²) in [4.78, 5) is 45.3. The molecule has 12 heteroatoms. The second-order valence-corrected chi connectivity index (χ2v) is 9.35. The number of aryl methyl sites for hydroxylation is 2. The van der Waals surface area contributed by atoms with E-state index in [1.807, 2.05) is 6.92 Å². The molecule has 0 saturated carbocycles. The summed E-state index contributed by atoms with van der Waals surface area (Å²) >= 11 is 7.43. The molecular weight excluding hydrogens is 492 g/mol. The highest BCUT2D eigenvalue weighted by atomic mass is 35.5. The van der Waals surface area contributed by atoms with Crippen molar-refractivity contribution < 1.29 is 18.7 Å². The van der Waals surface area contributed by atoms with Crippen LogP contribution in [0.2, 0.25) is 5.15 Å². The zero-order valence-electron chi connectivity index (χ0n) is 19.0. The van der Waals surface area contributed by atoms with Crippen molar-refractivity contribution in [3.8, 4) is 16.9 Å². The molecule has 178 valence electrons. The fourth-order valence-corrected chi connectivity index (χ4v) is 4.88. The number of hydrogen-bond donors (Lipinski definition) is 1. The van der Waals surface area contributed by atoms with Crippen molar-refractivity contribution in [3.05, 3.63) is 69.4 Å². The van der Waals surface area contributed by atoms with Gasteiger partial charge in [0.25, 0.3) is 11.8 Å². The number of carbonyl (C=O) groups excluding carboxylic acids is 2. The second kappa shape index (κ2) is 9.08. The van der Waals surface area contributed by atoms with Gasteiger partial charge in [-0.05, 0) is 26.0 Å². The maximum atomic E-state index is 13.2. The number of anilines is 1. The van der Waals surface area contributed by atoms with Crippen molar-refractivity contribution in [1.29, 1.82) is 0 Å². The van der Waals surface area contributed by atoms with Gasteiger partial charge in [-0.15, -0.1) is 0 Å². The van der Waals surface area contributed by atoms with Crippen molar-refractivity contribution in [3.63, 3.8) is 0 Å². The molecule has 4 aromatic heterocycles. The standard InChI is InChI=1S/C23H19ClN6O4S/c1-11-4-13(14-5-19(24)26-7-17(14)33-3)15(6-25-11)20(31)29-23-28-16-8-30(9-18(16)35-23)22(32)21-27-12(2)10-34-21/h4-7,10H,8-9H2,1-3H3,(H,28,29,31). The third kappa shape index (κ3) is 4.47. The highest BCUT2D eigenvalue weighted by Crippen LogP contribution is 2.35. The van der Waals surface area contributed by atoms with Crippen LogP contribution < -0.4 is 10.1 Å². The van der Waals surface area contributed by atoms with Crippen molar-refractivity contribution >= 4 is 39.9 Å². The van der Waals surface area contributed by atoms with E-state index >= 15 is 0 Å². The summed E-state index contributed by atoms with van der Waals surface area (Å²) in [5, 5.41) is 3.56. The van der Waals surface area contributed by atoms with Crippen molar-refractivity contribution in [2.75, 3.05) is 12.4 Å². The summed E-state index contributed by atoms with van der Waals surface area (Å²) in [6.45, 7) is 4.27. The van der Waals surface area contributed by atoms with E-state index < -0.39 is 0 Å². The summed E-state index contributed by atoms with van der Waals surface area (Å²) in [5.74, 6) is -0.141. The number of methoxy groups -OCH3 is 1. The molecule has 5 heterocycles. The fraction of sp³-hybridized carbons (Fsp3) is 0.217. The van der Waals surface area contributed by atoms with Gasteiger partial charge in [0.15, 0.2) is 5.13 Å². The van der Waals surface area contributed by atoms with Crippen LogP contribution >= 0.6 is 22.9 Å². The number of aromatic nitrogens is 4. The first-order valence-corrected chi connectivity index (χ1v) is 11.7. The number of fused-ring (bicyclic) bond motifs is 1. The Bertz CT molecular complexity index is 1440. The van der Waals surface area contributed by atoms with Gasteiger partial charge >= 0.3 is 5.91 Å². The van der Waals surface area contributed by atoms with Crippen LogP contribution in [0.4, 0.5) is 5.13 Å². The minimum Gasteiger partial charge on any atom is -0.494 e. The Hall–Kier alpha value is -3.83. The number of rotatable bonds is 5. The zero-order valence-corrected chi connectivity index (χ0v) is 20.5. The molecule has 0 spiro atoms. The second-order valence-electron chi connectivity index (χ2n) is 7.88. The third-order valence-electron chi connectivity index (χ3n) is 5.39. The number of nitrogens with one attached hydrogen (secondary N) is 1. The van der Waals surface area contributed by atoms with Crippen LogP contribution in [0.15, 0.2) is 35.2 Å². The van der Waals surface area contributed by atoms with Crippen LogP contribution in [-0.2, 0) is 13.1 Å². The Morgan fingerprint density at radius 3 is 2.66 bits per heavy atom. The van der Waals surface area contributed by atoms with E-state index in [-0.39, 0.29) is 22.9 Å². The molecule has 0 unspecified atom stereocenters. The molecule has 2 amide bonds. The number of nitrogens with zero attached hydrogens (tertiary/aromatic N) is 5. The van der Waals surface area contributed by atoms with Gasteiger partial charge < -0.3 is 14.1 Å². The van der Waals surface area contributed by atoms with Crippen LogP contribution in [0, 0.1) is 13.8 Å². The lowest BCUT2D eigenvalue weighted by atomic mass is 10.0. The monoisotopic (exact) mass is 510 g/mol. The topological polar surface area (TPSA) is 123 Å². The molecule has 1 aliphatic heterocycles. The molecule has 4 aromatic rings. The van der Waals surface area contributed by atoms with Crippen molar-refractivity contribution in [2.24, 2.45) is 0 Å². The molecule has 35 heavy (non-hydrogen) atoms. The molecule has 1 N–H and O–H groups in total. The molecule has 0 fully saturated rings. The smallest absolute Gasteiger partial charge is 0.310 e. The lowest BCUT2D eigenvalue weighted by molar-refractivity contribution is 0.0710. The maximum Gasteiger partial charge on any atom is 0.310 e. The number of thiazole rings is 1. The first-order valence-electron chi connectivity index (χ1n) is 10.5. The average molecular weight is 511 g/mol. The van der Waals surface area contributed by atoms with Gasteiger partial charge in [0.05, 0.1) is 48.2 Å². The summed E-state index contributed by atoms with van der Waals surface area (Å²) in [6, 6.07) is 3.43. The van der Waals surface area contributed by atoms with Crippen molar-refractivity contribution in [1.82, 2.24) is 24.8 Å². The quantitative estimate of drug-likeness (QED) is 0.395. The van der Waals surface area contributed by atoms with Gasteiger partial charge in [0, 0.05) is 23.0 Å². The Morgan fingerprint density at radius 1 is 1.11 bits per heavy atom. The minimum atomic E-state index is -0.377. The molecule has 1 aliphatic rings. The predicted octanol–water partition coefficient (Wildman–Crippen LogP) is 4.28. The normalized spacial score (nSPS) is 12.5. The summed E-state index contributed by atoms with van der Waals surface area (Å²) in [5.41, 5.74) is 3.67. The lowest BCUT2D eigenvalue weighted by Crippen LogP contribution is -2.26. The van der Waals surface area contributed by atoms with Gasteiger partial charge in [-0.3, -0.25) is 19.9 Å². The number of hydrogen-bond acceptors (Lipinski definition) is 9. The first kappa shape index (κ1) is 22.9. The van der Waals surface area contributed by atoms with E-state index in [0.29, 0.717) is 46.4 Å². The number of halogens is 1. The van der Waals surface area contributed by atoms with E-state index in [2.05, 4.69) is 25.3 Å². The fourth-order valence-electron chi connectivity index (χ4n) is 3.74. The molecule has 0 bridgehead atoms. The molecule has 0 saturated heterocycles. The van der Waals surface area contributed by atoms with Crippen LogP contribution in [-0.4, -0.2) is 43.8 Å². The third-order valence-corrected chi connectivity index (χ3v) is 6.60. The number of amides is 2. The Labute approximate surface area is 209 Å². The van der Waals surface area contributed by atoms with Crippen LogP contribution in [0.5, 0.6) is 5.75 Å².